The number of ether oxygens (including phenoxy) is 1. The maximum Gasteiger partial charge on any atom is 0.337 e. The summed E-state index contributed by atoms with van der Waals surface area (Å²) in [6.07, 6.45) is 11.0. The predicted molar refractivity (Wildman–Crippen MR) is 97.4 cm³/mol. The van der Waals surface area contributed by atoms with Gasteiger partial charge in [-0.2, -0.15) is 0 Å². The highest BCUT2D eigenvalue weighted by Crippen LogP contribution is 2.37. The zero-order valence-electron chi connectivity index (χ0n) is 14.6. The summed E-state index contributed by atoms with van der Waals surface area (Å²) in [5.74, 6) is 0.381. The van der Waals surface area contributed by atoms with Gasteiger partial charge in [0.2, 0.25) is 0 Å². The van der Waals surface area contributed by atoms with Crippen molar-refractivity contribution < 1.29 is 9.53 Å². The van der Waals surface area contributed by atoms with Gasteiger partial charge in [0, 0.05) is 23.6 Å². The molecule has 24 heavy (non-hydrogen) atoms. The minimum Gasteiger partial charge on any atom is -0.465 e. The van der Waals surface area contributed by atoms with E-state index in [-0.39, 0.29) is 5.97 Å². The Bertz CT molecular complexity index is 699. The number of rotatable bonds is 6. The number of hydrogen-bond acceptors (Lipinski definition) is 3. The lowest BCUT2D eigenvalue weighted by atomic mass is 9.84. The molecular weight excluding hydrogens is 300 g/mol. The topological polar surface area (TPSA) is 57.2 Å². The van der Waals surface area contributed by atoms with Crippen molar-refractivity contribution in [3.63, 3.8) is 0 Å². The number of carbonyl (C=O) groups excluding carboxylic acids is 1. The number of nitrogens with zero attached hydrogens (tertiary/aromatic N) is 1. The van der Waals surface area contributed by atoms with Crippen molar-refractivity contribution in [3.05, 3.63) is 35.5 Å². The van der Waals surface area contributed by atoms with E-state index < -0.39 is 0 Å². The van der Waals surface area contributed by atoms with E-state index in [9.17, 15) is 4.79 Å². The van der Waals surface area contributed by atoms with Gasteiger partial charge in [0.05, 0.1) is 12.7 Å². The van der Waals surface area contributed by atoms with Gasteiger partial charge in [-0.05, 0) is 55.8 Å². The van der Waals surface area contributed by atoms with Crippen LogP contribution in [0.4, 0.5) is 0 Å². The fourth-order valence-electron chi connectivity index (χ4n) is 3.92. The summed E-state index contributed by atoms with van der Waals surface area (Å²) in [4.78, 5) is 11.9. The van der Waals surface area contributed by atoms with Crippen LogP contribution < -0.4 is 5.73 Å². The number of carbonyl (C=O) groups is 1. The molecule has 4 nitrogen and oxygen atoms in total. The van der Waals surface area contributed by atoms with Crippen LogP contribution in [0, 0.1) is 0 Å². The van der Waals surface area contributed by atoms with Crippen molar-refractivity contribution in [2.45, 2.75) is 57.4 Å². The summed E-state index contributed by atoms with van der Waals surface area (Å²) in [6.45, 7) is 1.67. The SMILES string of the molecule is COC(=O)c1ccc2c(C3CCCCC3)cn(CCCCN)c2c1. The first kappa shape index (κ1) is 17.0. The van der Waals surface area contributed by atoms with Crippen molar-refractivity contribution in [2.75, 3.05) is 13.7 Å². The van der Waals surface area contributed by atoms with Crippen molar-refractivity contribution in [2.24, 2.45) is 5.73 Å². The molecule has 1 aromatic carbocycles. The highest BCUT2D eigenvalue weighted by molar-refractivity contribution is 5.95. The van der Waals surface area contributed by atoms with Gasteiger partial charge in [0.15, 0.2) is 0 Å². The molecule has 1 aromatic heterocycles. The summed E-state index contributed by atoms with van der Waals surface area (Å²) >= 11 is 0. The van der Waals surface area contributed by atoms with E-state index in [1.807, 2.05) is 12.1 Å². The van der Waals surface area contributed by atoms with Gasteiger partial charge in [0.25, 0.3) is 0 Å². The second-order valence-electron chi connectivity index (χ2n) is 6.83. The van der Waals surface area contributed by atoms with Crippen molar-refractivity contribution in [1.29, 1.82) is 0 Å². The van der Waals surface area contributed by atoms with Gasteiger partial charge in [0.1, 0.15) is 0 Å². The number of nitrogens with two attached hydrogens (primary N) is 1. The van der Waals surface area contributed by atoms with Gasteiger partial charge in [-0.1, -0.05) is 25.3 Å². The molecule has 1 heterocycles. The summed E-state index contributed by atoms with van der Waals surface area (Å²) in [5, 5.41) is 1.29. The average Bonchev–Trinajstić information content (AvgIpc) is 3.00. The first-order valence-corrected chi connectivity index (χ1v) is 9.15. The lowest BCUT2D eigenvalue weighted by molar-refractivity contribution is 0.0601. The monoisotopic (exact) mass is 328 g/mol. The summed E-state index contributed by atoms with van der Waals surface area (Å²) in [5.41, 5.74) is 8.86. The molecule has 1 aliphatic rings. The fourth-order valence-corrected chi connectivity index (χ4v) is 3.92. The molecule has 1 saturated carbocycles. The number of benzene rings is 1. The van der Waals surface area contributed by atoms with Crippen LogP contribution in [-0.2, 0) is 11.3 Å². The zero-order chi connectivity index (χ0) is 16.9. The van der Waals surface area contributed by atoms with Crippen LogP contribution in [0.1, 0.15) is 66.8 Å². The molecular formula is C20H28N2O2. The van der Waals surface area contributed by atoms with E-state index in [1.54, 1.807) is 0 Å². The number of fused-ring (bicyclic) bond motifs is 1. The minimum absolute atomic E-state index is 0.272. The van der Waals surface area contributed by atoms with Gasteiger partial charge in [-0.15, -0.1) is 0 Å². The smallest absolute Gasteiger partial charge is 0.337 e. The van der Waals surface area contributed by atoms with E-state index in [0.717, 1.165) is 31.4 Å². The van der Waals surface area contributed by atoms with Crippen LogP contribution in [0.3, 0.4) is 0 Å². The molecule has 1 fully saturated rings. The third-order valence-corrected chi connectivity index (χ3v) is 5.23. The van der Waals surface area contributed by atoms with Gasteiger partial charge >= 0.3 is 5.97 Å². The van der Waals surface area contributed by atoms with Crippen LogP contribution in [0.5, 0.6) is 0 Å². The highest BCUT2D eigenvalue weighted by atomic mass is 16.5. The van der Waals surface area contributed by atoms with Gasteiger partial charge in [-0.3, -0.25) is 0 Å². The van der Waals surface area contributed by atoms with Gasteiger partial charge in [-0.25, -0.2) is 4.79 Å². The summed E-state index contributed by atoms with van der Waals surface area (Å²) in [7, 11) is 1.43. The predicted octanol–water partition coefficient (Wildman–Crippen LogP) is 4.21. The Labute approximate surface area is 144 Å². The molecule has 130 valence electrons. The molecule has 0 atom stereocenters. The highest BCUT2D eigenvalue weighted by Gasteiger charge is 2.21. The number of methoxy groups -OCH3 is 1. The second-order valence-corrected chi connectivity index (χ2v) is 6.83. The Hall–Kier alpha value is -1.81. The molecule has 2 aromatic rings. The third kappa shape index (κ3) is 3.48. The van der Waals surface area contributed by atoms with Crippen LogP contribution in [0.15, 0.2) is 24.4 Å². The first-order chi connectivity index (χ1) is 11.7. The normalized spacial score (nSPS) is 15.8. The van der Waals surface area contributed by atoms with E-state index in [0.29, 0.717) is 11.5 Å². The van der Waals surface area contributed by atoms with Crippen molar-refractivity contribution in [3.8, 4) is 0 Å². The van der Waals surface area contributed by atoms with Crippen LogP contribution in [0.2, 0.25) is 0 Å². The molecule has 0 radical (unpaired) electrons. The Kier molecular flexibility index (Phi) is 5.56. The molecule has 0 amide bonds. The Balaban J connectivity index is 1.99. The van der Waals surface area contributed by atoms with Crippen LogP contribution in [-0.4, -0.2) is 24.2 Å². The Morgan fingerprint density at radius 3 is 2.75 bits per heavy atom. The molecule has 1 aliphatic carbocycles. The maximum atomic E-state index is 11.9. The molecule has 4 heteroatoms. The molecule has 0 aliphatic heterocycles. The number of unbranched alkanes of at least 4 members (excludes halogenated alkanes) is 1. The summed E-state index contributed by atoms with van der Waals surface area (Å²) < 4.78 is 7.19. The van der Waals surface area contributed by atoms with E-state index in [1.165, 1.54) is 50.2 Å². The molecule has 0 unspecified atom stereocenters. The molecule has 0 bridgehead atoms. The van der Waals surface area contributed by atoms with E-state index in [4.69, 9.17) is 10.5 Å². The maximum absolute atomic E-state index is 11.9. The molecule has 0 spiro atoms. The van der Waals surface area contributed by atoms with Crippen molar-refractivity contribution >= 4 is 16.9 Å². The quantitative estimate of drug-likeness (QED) is 0.638. The Morgan fingerprint density at radius 2 is 2.04 bits per heavy atom. The Morgan fingerprint density at radius 1 is 1.25 bits per heavy atom. The fraction of sp³-hybridized carbons (Fsp3) is 0.550. The van der Waals surface area contributed by atoms with Crippen LogP contribution >= 0.6 is 0 Å². The summed E-state index contributed by atoms with van der Waals surface area (Å²) in [6, 6.07) is 5.98. The minimum atomic E-state index is -0.272. The first-order valence-electron chi connectivity index (χ1n) is 9.15. The molecule has 3 rings (SSSR count). The third-order valence-electron chi connectivity index (χ3n) is 5.23. The largest absolute Gasteiger partial charge is 0.465 e. The molecule has 0 saturated heterocycles. The lowest BCUT2D eigenvalue weighted by Crippen LogP contribution is -2.04. The van der Waals surface area contributed by atoms with E-state index >= 15 is 0 Å². The van der Waals surface area contributed by atoms with Crippen molar-refractivity contribution in [1.82, 2.24) is 4.57 Å². The number of aromatic nitrogens is 1. The number of hydrogen-bond donors (Lipinski definition) is 1. The average molecular weight is 328 g/mol. The second kappa shape index (κ2) is 7.84. The number of aryl methyl sites for hydroxylation is 1. The van der Waals surface area contributed by atoms with E-state index in [2.05, 4.69) is 16.8 Å². The molecule has 2 N–H and O–H groups in total. The van der Waals surface area contributed by atoms with Crippen LogP contribution in [0.25, 0.3) is 10.9 Å². The standard InChI is InChI=1S/C20H28N2O2/c1-24-20(23)16-9-10-17-18(15-7-3-2-4-8-15)14-22(19(17)13-16)12-6-5-11-21/h9-10,13-15H,2-8,11-12,21H2,1H3. The lowest BCUT2D eigenvalue weighted by Gasteiger charge is -2.21. The zero-order valence-corrected chi connectivity index (χ0v) is 14.6. The van der Waals surface area contributed by atoms with Gasteiger partial charge < -0.3 is 15.0 Å². The number of esters is 1.